The third-order valence-corrected chi connectivity index (χ3v) is 4.74. The highest BCUT2D eigenvalue weighted by Gasteiger charge is 2.10. The standard InChI is InChI=1S/C14H15BrClNS/c1-9(2)17-8-10-3-4-11(16)7-12(10)14-13(15)5-6-18-14/h3-7,9,17H,8H2,1-2H3. The van der Waals surface area contributed by atoms with Gasteiger partial charge in [-0.15, -0.1) is 11.3 Å². The average molecular weight is 345 g/mol. The lowest BCUT2D eigenvalue weighted by Gasteiger charge is -2.12. The lowest BCUT2D eigenvalue weighted by Crippen LogP contribution is -2.22. The summed E-state index contributed by atoms with van der Waals surface area (Å²) in [5.41, 5.74) is 2.48. The Labute approximate surface area is 125 Å². The molecule has 1 aromatic heterocycles. The second kappa shape index (κ2) is 6.20. The molecule has 0 aliphatic carbocycles. The van der Waals surface area contributed by atoms with Crippen LogP contribution in [-0.4, -0.2) is 6.04 Å². The quantitative estimate of drug-likeness (QED) is 0.790. The molecule has 1 nitrogen and oxygen atoms in total. The third-order valence-electron chi connectivity index (χ3n) is 2.63. The van der Waals surface area contributed by atoms with Crippen molar-refractivity contribution in [2.24, 2.45) is 0 Å². The van der Waals surface area contributed by atoms with Gasteiger partial charge in [0.2, 0.25) is 0 Å². The Morgan fingerprint density at radius 1 is 1.33 bits per heavy atom. The smallest absolute Gasteiger partial charge is 0.0488 e. The van der Waals surface area contributed by atoms with E-state index in [1.165, 1.54) is 16.0 Å². The zero-order chi connectivity index (χ0) is 13.1. The summed E-state index contributed by atoms with van der Waals surface area (Å²) in [6, 6.07) is 8.62. The molecule has 4 heteroatoms. The Bertz CT molecular complexity index is 536. The number of halogens is 2. The Morgan fingerprint density at radius 3 is 2.72 bits per heavy atom. The molecule has 0 unspecified atom stereocenters. The van der Waals surface area contributed by atoms with Gasteiger partial charge in [0.15, 0.2) is 0 Å². The summed E-state index contributed by atoms with van der Waals surface area (Å²) in [5, 5.41) is 6.31. The Hall–Kier alpha value is -0.350. The van der Waals surface area contributed by atoms with Gasteiger partial charge in [0, 0.05) is 27.0 Å². The number of rotatable bonds is 4. The second-order valence-electron chi connectivity index (χ2n) is 4.43. The molecule has 0 spiro atoms. The number of thiophene rings is 1. The van der Waals surface area contributed by atoms with E-state index in [1.807, 2.05) is 12.1 Å². The van der Waals surface area contributed by atoms with Crippen LogP contribution < -0.4 is 5.32 Å². The summed E-state index contributed by atoms with van der Waals surface area (Å²) in [6.45, 7) is 5.15. The molecule has 1 heterocycles. The van der Waals surface area contributed by atoms with Gasteiger partial charge in [0.25, 0.3) is 0 Å². The van der Waals surface area contributed by atoms with Gasteiger partial charge in [-0.2, -0.15) is 0 Å². The van der Waals surface area contributed by atoms with Crippen molar-refractivity contribution < 1.29 is 0 Å². The number of hydrogen-bond donors (Lipinski definition) is 1. The molecular weight excluding hydrogens is 330 g/mol. The number of hydrogen-bond acceptors (Lipinski definition) is 2. The van der Waals surface area contributed by atoms with E-state index in [0.717, 1.165) is 16.0 Å². The maximum Gasteiger partial charge on any atom is 0.0488 e. The Morgan fingerprint density at radius 2 is 2.11 bits per heavy atom. The summed E-state index contributed by atoms with van der Waals surface area (Å²) in [6.07, 6.45) is 0. The first-order valence-corrected chi connectivity index (χ1v) is 7.88. The summed E-state index contributed by atoms with van der Waals surface area (Å²) in [4.78, 5) is 1.23. The van der Waals surface area contributed by atoms with Gasteiger partial charge in [-0.3, -0.25) is 0 Å². The van der Waals surface area contributed by atoms with E-state index in [9.17, 15) is 0 Å². The van der Waals surface area contributed by atoms with E-state index in [4.69, 9.17) is 11.6 Å². The molecule has 96 valence electrons. The van der Waals surface area contributed by atoms with Crippen LogP contribution in [0.3, 0.4) is 0 Å². The Balaban J connectivity index is 2.38. The lowest BCUT2D eigenvalue weighted by molar-refractivity contribution is 0.589. The van der Waals surface area contributed by atoms with Crippen LogP contribution in [0.2, 0.25) is 5.02 Å². The van der Waals surface area contributed by atoms with Crippen LogP contribution in [0.15, 0.2) is 34.1 Å². The van der Waals surface area contributed by atoms with Gasteiger partial charge in [0.05, 0.1) is 0 Å². The van der Waals surface area contributed by atoms with Gasteiger partial charge in [0.1, 0.15) is 0 Å². The minimum atomic E-state index is 0.473. The highest BCUT2D eigenvalue weighted by Crippen LogP contribution is 2.36. The predicted octanol–water partition coefficient (Wildman–Crippen LogP) is 5.33. The summed E-state index contributed by atoms with van der Waals surface area (Å²) < 4.78 is 1.13. The fourth-order valence-electron chi connectivity index (χ4n) is 1.71. The molecule has 1 aromatic carbocycles. The van der Waals surface area contributed by atoms with Crippen molar-refractivity contribution in [2.75, 3.05) is 0 Å². The van der Waals surface area contributed by atoms with E-state index in [2.05, 4.69) is 52.6 Å². The van der Waals surface area contributed by atoms with Gasteiger partial charge in [-0.25, -0.2) is 0 Å². The van der Waals surface area contributed by atoms with E-state index in [0.29, 0.717) is 6.04 Å². The fourth-order valence-corrected chi connectivity index (χ4v) is 3.53. The van der Waals surface area contributed by atoms with Crippen molar-refractivity contribution in [1.29, 1.82) is 0 Å². The SMILES string of the molecule is CC(C)NCc1ccc(Cl)cc1-c1sccc1Br. The molecule has 0 atom stereocenters. The molecule has 2 rings (SSSR count). The highest BCUT2D eigenvalue weighted by atomic mass is 79.9. The van der Waals surface area contributed by atoms with Crippen LogP contribution in [0.4, 0.5) is 0 Å². The normalized spacial score (nSPS) is 11.2. The maximum atomic E-state index is 6.12. The average Bonchev–Trinajstić information content (AvgIpc) is 2.73. The summed E-state index contributed by atoms with van der Waals surface area (Å²) >= 11 is 11.4. The maximum absolute atomic E-state index is 6.12. The predicted molar refractivity (Wildman–Crippen MR) is 84.4 cm³/mol. The zero-order valence-corrected chi connectivity index (χ0v) is 13.5. The fraction of sp³-hybridized carbons (Fsp3) is 0.286. The van der Waals surface area contributed by atoms with E-state index >= 15 is 0 Å². The van der Waals surface area contributed by atoms with Gasteiger partial charge >= 0.3 is 0 Å². The number of benzene rings is 1. The van der Waals surface area contributed by atoms with Crippen molar-refractivity contribution in [3.63, 3.8) is 0 Å². The van der Waals surface area contributed by atoms with Crippen molar-refractivity contribution in [1.82, 2.24) is 5.32 Å². The molecule has 0 radical (unpaired) electrons. The first-order chi connectivity index (χ1) is 8.58. The molecular formula is C14H15BrClNS. The minimum Gasteiger partial charge on any atom is -0.310 e. The first-order valence-electron chi connectivity index (χ1n) is 5.83. The molecule has 2 aromatic rings. The van der Waals surface area contributed by atoms with Crippen LogP contribution in [0.5, 0.6) is 0 Å². The lowest BCUT2D eigenvalue weighted by atomic mass is 10.1. The number of nitrogens with one attached hydrogen (secondary N) is 1. The van der Waals surface area contributed by atoms with Crippen molar-refractivity contribution in [3.8, 4) is 10.4 Å². The molecule has 0 bridgehead atoms. The highest BCUT2D eigenvalue weighted by molar-refractivity contribution is 9.10. The first kappa shape index (κ1) is 14.1. The van der Waals surface area contributed by atoms with Crippen LogP contribution in [0, 0.1) is 0 Å². The van der Waals surface area contributed by atoms with Crippen molar-refractivity contribution in [2.45, 2.75) is 26.4 Å². The topological polar surface area (TPSA) is 12.0 Å². The van der Waals surface area contributed by atoms with Crippen LogP contribution in [0.25, 0.3) is 10.4 Å². The molecule has 0 saturated carbocycles. The molecule has 0 fully saturated rings. The molecule has 0 aliphatic rings. The van der Waals surface area contributed by atoms with Crippen LogP contribution in [-0.2, 0) is 6.54 Å². The molecule has 18 heavy (non-hydrogen) atoms. The monoisotopic (exact) mass is 343 g/mol. The zero-order valence-electron chi connectivity index (χ0n) is 10.3. The Kier molecular flexibility index (Phi) is 4.84. The van der Waals surface area contributed by atoms with E-state index in [-0.39, 0.29) is 0 Å². The largest absolute Gasteiger partial charge is 0.310 e. The van der Waals surface area contributed by atoms with Crippen LogP contribution >= 0.6 is 38.9 Å². The molecule has 0 saturated heterocycles. The van der Waals surface area contributed by atoms with Crippen molar-refractivity contribution >= 4 is 38.9 Å². The summed E-state index contributed by atoms with van der Waals surface area (Å²) in [7, 11) is 0. The summed E-state index contributed by atoms with van der Waals surface area (Å²) in [5.74, 6) is 0. The van der Waals surface area contributed by atoms with Gasteiger partial charge < -0.3 is 5.32 Å². The molecule has 0 aliphatic heterocycles. The van der Waals surface area contributed by atoms with Crippen LogP contribution in [0.1, 0.15) is 19.4 Å². The third kappa shape index (κ3) is 3.35. The second-order valence-corrected chi connectivity index (χ2v) is 6.64. The van der Waals surface area contributed by atoms with E-state index < -0.39 is 0 Å². The van der Waals surface area contributed by atoms with E-state index in [1.54, 1.807) is 11.3 Å². The van der Waals surface area contributed by atoms with Gasteiger partial charge in [-0.05, 0) is 50.6 Å². The minimum absolute atomic E-state index is 0.473. The molecule has 1 N–H and O–H groups in total. The van der Waals surface area contributed by atoms with Gasteiger partial charge in [-0.1, -0.05) is 31.5 Å². The molecule has 0 amide bonds. The van der Waals surface area contributed by atoms with Crippen molar-refractivity contribution in [3.05, 3.63) is 44.7 Å².